The van der Waals surface area contributed by atoms with E-state index < -0.39 is 11.9 Å². The third kappa shape index (κ3) is 5.63. The zero-order chi connectivity index (χ0) is 26.4. The van der Waals surface area contributed by atoms with Gasteiger partial charge in [0.1, 0.15) is 5.76 Å². The molecular weight excluding hydrogens is 486 g/mol. The van der Waals surface area contributed by atoms with Crippen LogP contribution in [0.25, 0.3) is 5.70 Å². The lowest BCUT2D eigenvalue weighted by Gasteiger charge is -2.29. The molecule has 188 valence electrons. The molecule has 1 amide bonds. The van der Waals surface area contributed by atoms with E-state index in [-0.39, 0.29) is 29.4 Å². The quantitative estimate of drug-likeness (QED) is 0.374. The van der Waals surface area contributed by atoms with Gasteiger partial charge in [-0.3, -0.25) is 4.79 Å². The van der Waals surface area contributed by atoms with Crippen LogP contribution in [0.4, 0.5) is 5.69 Å². The summed E-state index contributed by atoms with van der Waals surface area (Å²) in [6.45, 7) is 5.86. The monoisotopic (exact) mass is 513 g/mol. The Labute approximate surface area is 220 Å². The average molecular weight is 514 g/mol. The molecular formula is C29H27N3O4S. The van der Waals surface area contributed by atoms with Gasteiger partial charge in [0.25, 0.3) is 0 Å². The number of thioether (sulfide) groups is 1. The molecule has 0 radical (unpaired) electrons. The van der Waals surface area contributed by atoms with Gasteiger partial charge < -0.3 is 19.8 Å². The highest BCUT2D eigenvalue weighted by Crippen LogP contribution is 2.43. The van der Waals surface area contributed by atoms with E-state index in [1.54, 1.807) is 19.1 Å². The van der Waals surface area contributed by atoms with E-state index in [1.807, 2.05) is 62.4 Å². The molecule has 0 saturated carbocycles. The van der Waals surface area contributed by atoms with Crippen molar-refractivity contribution in [3.63, 3.8) is 0 Å². The number of hydrogen-bond donors (Lipinski definition) is 2. The Morgan fingerprint density at radius 2 is 1.89 bits per heavy atom. The van der Waals surface area contributed by atoms with Crippen LogP contribution in [-0.2, 0) is 14.3 Å². The predicted molar refractivity (Wildman–Crippen MR) is 144 cm³/mol. The molecule has 0 saturated heterocycles. The summed E-state index contributed by atoms with van der Waals surface area (Å²) in [4.78, 5) is 26.1. The molecule has 0 spiro atoms. The SMILES string of the molecule is CCOC(=O)C1=C(c2ccccc2)NC(SCC(=O)Nc2cccc(C)c2C)=C(C#N)C1c1ccco1. The molecule has 0 aliphatic carbocycles. The van der Waals surface area contributed by atoms with Gasteiger partial charge in [-0.1, -0.05) is 54.2 Å². The highest BCUT2D eigenvalue weighted by atomic mass is 32.2. The second kappa shape index (κ2) is 11.7. The Hall–Kier alpha value is -4.22. The van der Waals surface area contributed by atoms with Gasteiger partial charge in [-0.15, -0.1) is 0 Å². The van der Waals surface area contributed by atoms with E-state index >= 15 is 0 Å². The Bertz CT molecular complexity index is 1400. The number of furan rings is 1. The van der Waals surface area contributed by atoms with Crippen LogP contribution in [0.2, 0.25) is 0 Å². The molecule has 1 aliphatic heterocycles. The van der Waals surface area contributed by atoms with Crippen molar-refractivity contribution in [2.75, 3.05) is 17.7 Å². The highest BCUT2D eigenvalue weighted by molar-refractivity contribution is 8.03. The van der Waals surface area contributed by atoms with Crippen molar-refractivity contribution in [2.24, 2.45) is 0 Å². The van der Waals surface area contributed by atoms with Crippen LogP contribution in [0.15, 0.2) is 87.5 Å². The Kier molecular flexibility index (Phi) is 8.16. The van der Waals surface area contributed by atoms with Gasteiger partial charge in [0, 0.05) is 5.69 Å². The molecule has 8 heteroatoms. The van der Waals surface area contributed by atoms with Crippen molar-refractivity contribution in [3.05, 3.63) is 106 Å². The van der Waals surface area contributed by atoms with Gasteiger partial charge in [-0.05, 0) is 55.7 Å². The summed E-state index contributed by atoms with van der Waals surface area (Å²) >= 11 is 1.20. The van der Waals surface area contributed by atoms with Gasteiger partial charge in [0.2, 0.25) is 5.91 Å². The topological polar surface area (TPSA) is 104 Å². The van der Waals surface area contributed by atoms with Gasteiger partial charge in [0.05, 0.1) is 52.5 Å². The number of allylic oxidation sites excluding steroid dienone is 1. The molecule has 1 unspecified atom stereocenters. The van der Waals surface area contributed by atoms with Crippen molar-refractivity contribution >= 4 is 35.0 Å². The fourth-order valence-corrected chi connectivity index (χ4v) is 4.95. The molecule has 37 heavy (non-hydrogen) atoms. The number of carbonyl (C=O) groups is 2. The fraction of sp³-hybridized carbons (Fsp3) is 0.207. The predicted octanol–water partition coefficient (Wildman–Crippen LogP) is 5.66. The zero-order valence-corrected chi connectivity index (χ0v) is 21.6. The van der Waals surface area contributed by atoms with Crippen molar-refractivity contribution in [2.45, 2.75) is 26.7 Å². The van der Waals surface area contributed by atoms with Crippen molar-refractivity contribution in [1.29, 1.82) is 5.26 Å². The minimum absolute atomic E-state index is 0.0581. The first-order chi connectivity index (χ1) is 17.9. The number of nitrogens with zero attached hydrogens (tertiary/aromatic N) is 1. The van der Waals surface area contributed by atoms with Gasteiger partial charge in [-0.25, -0.2) is 4.79 Å². The maximum absolute atomic E-state index is 13.2. The van der Waals surface area contributed by atoms with E-state index in [0.717, 1.165) is 22.4 Å². The van der Waals surface area contributed by atoms with Crippen molar-refractivity contribution in [1.82, 2.24) is 5.32 Å². The molecule has 0 bridgehead atoms. The lowest BCUT2D eigenvalue weighted by molar-refractivity contribution is -0.138. The molecule has 1 atom stereocenters. The van der Waals surface area contributed by atoms with Gasteiger partial charge in [0.15, 0.2) is 0 Å². The number of aryl methyl sites for hydroxylation is 1. The minimum Gasteiger partial charge on any atom is -0.468 e. The van der Waals surface area contributed by atoms with Crippen LogP contribution in [-0.4, -0.2) is 24.2 Å². The summed E-state index contributed by atoms with van der Waals surface area (Å²) in [5.74, 6) is -1.05. The lowest BCUT2D eigenvalue weighted by atomic mass is 9.84. The molecule has 2 heterocycles. The summed E-state index contributed by atoms with van der Waals surface area (Å²) < 4.78 is 11.1. The van der Waals surface area contributed by atoms with Gasteiger partial charge in [-0.2, -0.15) is 5.26 Å². The maximum atomic E-state index is 13.2. The Balaban J connectivity index is 1.71. The number of ether oxygens (including phenoxy) is 1. The van der Waals surface area contributed by atoms with Crippen molar-refractivity contribution < 1.29 is 18.7 Å². The molecule has 2 aromatic carbocycles. The first-order valence-corrected chi connectivity index (χ1v) is 12.8. The van der Waals surface area contributed by atoms with E-state index in [1.165, 1.54) is 18.0 Å². The number of benzene rings is 2. The molecule has 1 aromatic heterocycles. The highest BCUT2D eigenvalue weighted by Gasteiger charge is 2.38. The third-order valence-electron chi connectivity index (χ3n) is 6.06. The zero-order valence-electron chi connectivity index (χ0n) is 20.8. The van der Waals surface area contributed by atoms with Crippen molar-refractivity contribution in [3.8, 4) is 6.07 Å². The smallest absolute Gasteiger partial charge is 0.337 e. The second-order valence-electron chi connectivity index (χ2n) is 8.39. The second-order valence-corrected chi connectivity index (χ2v) is 9.37. The molecule has 2 N–H and O–H groups in total. The number of esters is 1. The molecule has 4 rings (SSSR count). The van der Waals surface area contributed by atoms with Gasteiger partial charge >= 0.3 is 5.97 Å². The average Bonchev–Trinajstić information content (AvgIpc) is 3.44. The summed E-state index contributed by atoms with van der Waals surface area (Å²) in [6, 6.07) is 20.8. The molecule has 7 nitrogen and oxygen atoms in total. The van der Waals surface area contributed by atoms with E-state index in [9.17, 15) is 14.9 Å². The summed E-state index contributed by atoms with van der Waals surface area (Å²) in [5, 5.41) is 16.9. The Morgan fingerprint density at radius 1 is 1.11 bits per heavy atom. The van der Waals surface area contributed by atoms with Crippen LogP contribution < -0.4 is 10.6 Å². The summed E-state index contributed by atoms with van der Waals surface area (Å²) in [6.07, 6.45) is 1.50. The number of nitrogens with one attached hydrogen (secondary N) is 2. The van der Waals surface area contributed by atoms with E-state index in [4.69, 9.17) is 9.15 Å². The normalized spacial score (nSPS) is 15.1. The maximum Gasteiger partial charge on any atom is 0.337 e. The molecule has 1 aliphatic rings. The summed E-state index contributed by atoms with van der Waals surface area (Å²) in [7, 11) is 0. The number of anilines is 1. The summed E-state index contributed by atoms with van der Waals surface area (Å²) in [5.41, 5.74) is 4.65. The van der Waals surface area contributed by atoms with Crippen LogP contribution in [0.1, 0.15) is 35.3 Å². The number of carbonyl (C=O) groups excluding carboxylic acids is 2. The van der Waals surface area contributed by atoms with Crippen LogP contribution in [0.5, 0.6) is 0 Å². The van der Waals surface area contributed by atoms with E-state index in [0.29, 0.717) is 16.5 Å². The third-order valence-corrected chi connectivity index (χ3v) is 7.08. The minimum atomic E-state index is -0.792. The number of rotatable bonds is 8. The standard InChI is InChI=1S/C29H27N3O4S/c1-4-35-29(34)26-25(23-14-9-15-36-23)21(16-30)28(32-27(26)20-11-6-5-7-12-20)37-17-24(33)31-22-13-8-10-18(2)19(22)3/h5-15,25,32H,4,17H2,1-3H3,(H,31,33). The fourth-order valence-electron chi connectivity index (χ4n) is 4.11. The van der Waals surface area contributed by atoms with Crippen LogP contribution in [0.3, 0.4) is 0 Å². The first kappa shape index (κ1) is 25.9. The van der Waals surface area contributed by atoms with Crippen LogP contribution >= 0.6 is 11.8 Å². The Morgan fingerprint density at radius 3 is 2.57 bits per heavy atom. The van der Waals surface area contributed by atoms with Crippen LogP contribution in [0, 0.1) is 25.2 Å². The number of nitriles is 1. The first-order valence-electron chi connectivity index (χ1n) is 11.8. The molecule has 3 aromatic rings. The number of dihydropyridines is 1. The lowest BCUT2D eigenvalue weighted by Crippen LogP contribution is -2.29. The number of amides is 1. The largest absolute Gasteiger partial charge is 0.468 e. The molecule has 0 fully saturated rings. The number of hydrogen-bond acceptors (Lipinski definition) is 7. The van der Waals surface area contributed by atoms with E-state index in [2.05, 4.69) is 16.7 Å².